The van der Waals surface area contributed by atoms with Crippen LogP contribution in [0.15, 0.2) is 18.3 Å². The van der Waals surface area contributed by atoms with Crippen LogP contribution in [-0.4, -0.2) is 16.1 Å². The Labute approximate surface area is 78.6 Å². The van der Waals surface area contributed by atoms with Gasteiger partial charge in [0.2, 0.25) is 0 Å². The van der Waals surface area contributed by atoms with Gasteiger partial charge in [-0.3, -0.25) is 9.78 Å². The van der Waals surface area contributed by atoms with Crippen molar-refractivity contribution in [2.45, 2.75) is 11.8 Å². The Hall–Kier alpha value is -0.900. The third kappa shape index (κ3) is 2.04. The maximum atomic E-state index is 10.5. The van der Waals surface area contributed by atoms with Crippen molar-refractivity contribution in [3.05, 3.63) is 29.6 Å². The molecule has 0 aliphatic heterocycles. The number of hydrogen-bond acceptors (Lipinski definition) is 2. The van der Waals surface area contributed by atoms with Crippen LogP contribution in [0.2, 0.25) is 0 Å². The molecule has 0 fully saturated rings. The number of carboxylic acids is 1. The van der Waals surface area contributed by atoms with Gasteiger partial charge in [0.05, 0.1) is 5.69 Å². The second-order valence-corrected chi connectivity index (χ2v) is 3.37. The maximum Gasteiger partial charge on any atom is 0.323 e. The third-order valence-corrected chi connectivity index (χ3v) is 2.27. The molecular weight excluding hydrogens is 222 g/mol. The van der Waals surface area contributed by atoms with Crippen molar-refractivity contribution in [1.82, 2.24) is 4.98 Å². The lowest BCUT2D eigenvalue weighted by atomic mass is 10.2. The van der Waals surface area contributed by atoms with E-state index in [1.54, 1.807) is 12.3 Å². The fourth-order valence-electron chi connectivity index (χ4n) is 0.825. The molecule has 0 radical (unpaired) electrons. The Morgan fingerprint density at radius 1 is 1.75 bits per heavy atom. The first-order valence-electron chi connectivity index (χ1n) is 3.40. The summed E-state index contributed by atoms with van der Waals surface area (Å²) in [5, 5.41) is 8.64. The predicted octanol–water partition coefficient (Wildman–Crippen LogP) is 1.91. The van der Waals surface area contributed by atoms with Crippen LogP contribution in [0.25, 0.3) is 0 Å². The molecule has 1 rings (SSSR count). The number of alkyl halides is 1. The SMILES string of the molecule is Cc1ccnc(C(Br)C(=O)O)c1. The van der Waals surface area contributed by atoms with Crippen molar-refractivity contribution in [2.75, 3.05) is 0 Å². The van der Waals surface area contributed by atoms with Crippen LogP contribution >= 0.6 is 15.9 Å². The van der Waals surface area contributed by atoms with Crippen LogP contribution in [0.3, 0.4) is 0 Å². The van der Waals surface area contributed by atoms with Gasteiger partial charge in [-0.2, -0.15) is 0 Å². The zero-order valence-electron chi connectivity index (χ0n) is 6.49. The minimum atomic E-state index is -0.923. The number of aryl methyl sites for hydroxylation is 1. The highest BCUT2D eigenvalue weighted by molar-refractivity contribution is 9.09. The van der Waals surface area contributed by atoms with E-state index in [1.807, 2.05) is 13.0 Å². The molecule has 0 amide bonds. The van der Waals surface area contributed by atoms with E-state index < -0.39 is 10.8 Å². The van der Waals surface area contributed by atoms with E-state index in [-0.39, 0.29) is 0 Å². The van der Waals surface area contributed by atoms with Gasteiger partial charge in [-0.15, -0.1) is 0 Å². The molecule has 1 atom stereocenters. The molecule has 3 nitrogen and oxygen atoms in total. The summed E-state index contributed by atoms with van der Waals surface area (Å²) in [5.74, 6) is -0.923. The van der Waals surface area contributed by atoms with Crippen molar-refractivity contribution < 1.29 is 9.90 Å². The second kappa shape index (κ2) is 3.67. The number of hydrogen-bond donors (Lipinski definition) is 1. The molecule has 1 aromatic heterocycles. The normalized spacial score (nSPS) is 12.5. The lowest BCUT2D eigenvalue weighted by Crippen LogP contribution is -2.06. The van der Waals surface area contributed by atoms with Crippen molar-refractivity contribution in [2.24, 2.45) is 0 Å². The van der Waals surface area contributed by atoms with Gasteiger partial charge in [-0.25, -0.2) is 0 Å². The first-order chi connectivity index (χ1) is 5.61. The smallest absolute Gasteiger partial charge is 0.323 e. The maximum absolute atomic E-state index is 10.5. The summed E-state index contributed by atoms with van der Waals surface area (Å²) in [4.78, 5) is 13.7. The van der Waals surface area contributed by atoms with Crippen LogP contribution in [-0.2, 0) is 4.79 Å². The van der Waals surface area contributed by atoms with E-state index in [0.29, 0.717) is 5.69 Å². The van der Waals surface area contributed by atoms with Gasteiger partial charge in [0.1, 0.15) is 0 Å². The molecule has 0 bridgehead atoms. The van der Waals surface area contributed by atoms with Gasteiger partial charge in [0.25, 0.3) is 0 Å². The molecule has 64 valence electrons. The molecule has 1 N–H and O–H groups in total. The van der Waals surface area contributed by atoms with Gasteiger partial charge in [0, 0.05) is 6.20 Å². The highest BCUT2D eigenvalue weighted by Crippen LogP contribution is 2.20. The molecule has 0 saturated heterocycles. The Morgan fingerprint density at radius 2 is 2.42 bits per heavy atom. The largest absolute Gasteiger partial charge is 0.480 e. The van der Waals surface area contributed by atoms with Crippen LogP contribution in [0, 0.1) is 6.92 Å². The van der Waals surface area contributed by atoms with Gasteiger partial charge in [-0.1, -0.05) is 15.9 Å². The van der Waals surface area contributed by atoms with Gasteiger partial charge in [0.15, 0.2) is 4.83 Å². The number of halogens is 1. The molecule has 0 aromatic carbocycles. The fourth-order valence-corrected chi connectivity index (χ4v) is 1.08. The Kier molecular flexibility index (Phi) is 2.81. The minimum Gasteiger partial charge on any atom is -0.480 e. The molecule has 4 heteroatoms. The van der Waals surface area contributed by atoms with E-state index in [1.165, 1.54) is 0 Å². The topological polar surface area (TPSA) is 50.2 Å². The Balaban J connectivity index is 2.95. The minimum absolute atomic E-state index is 0.530. The van der Waals surface area contributed by atoms with E-state index in [0.717, 1.165) is 5.56 Å². The van der Waals surface area contributed by atoms with E-state index in [2.05, 4.69) is 20.9 Å². The molecular formula is C8H8BrNO2. The third-order valence-electron chi connectivity index (χ3n) is 1.41. The average molecular weight is 230 g/mol. The van der Waals surface area contributed by atoms with Crippen molar-refractivity contribution in [3.63, 3.8) is 0 Å². The molecule has 1 unspecified atom stereocenters. The predicted molar refractivity (Wildman–Crippen MR) is 48.3 cm³/mol. The quantitative estimate of drug-likeness (QED) is 0.789. The molecule has 1 aromatic rings. The Morgan fingerprint density at radius 3 is 2.92 bits per heavy atom. The monoisotopic (exact) mass is 229 g/mol. The van der Waals surface area contributed by atoms with E-state index in [9.17, 15) is 4.79 Å². The average Bonchev–Trinajstić information content (AvgIpc) is 2.03. The number of nitrogens with zero attached hydrogens (tertiary/aromatic N) is 1. The van der Waals surface area contributed by atoms with Gasteiger partial charge < -0.3 is 5.11 Å². The lowest BCUT2D eigenvalue weighted by Gasteiger charge is -2.03. The van der Waals surface area contributed by atoms with Crippen molar-refractivity contribution in [1.29, 1.82) is 0 Å². The molecule has 12 heavy (non-hydrogen) atoms. The summed E-state index contributed by atoms with van der Waals surface area (Å²) >= 11 is 3.02. The highest BCUT2D eigenvalue weighted by Gasteiger charge is 2.16. The first kappa shape index (κ1) is 9.19. The van der Waals surface area contributed by atoms with Crippen molar-refractivity contribution in [3.8, 4) is 0 Å². The lowest BCUT2D eigenvalue weighted by molar-refractivity contribution is -0.136. The number of pyridine rings is 1. The number of aromatic nitrogens is 1. The summed E-state index contributed by atoms with van der Waals surface area (Å²) in [6.45, 7) is 1.90. The second-order valence-electron chi connectivity index (χ2n) is 2.46. The zero-order chi connectivity index (χ0) is 9.14. The first-order valence-corrected chi connectivity index (χ1v) is 4.32. The molecule has 0 aliphatic carbocycles. The summed E-state index contributed by atoms with van der Waals surface area (Å²) in [5.41, 5.74) is 1.54. The van der Waals surface area contributed by atoms with Gasteiger partial charge >= 0.3 is 5.97 Å². The number of carbonyl (C=O) groups is 1. The molecule has 0 aliphatic rings. The highest BCUT2D eigenvalue weighted by atomic mass is 79.9. The number of rotatable bonds is 2. The van der Waals surface area contributed by atoms with Crippen LogP contribution in [0.4, 0.5) is 0 Å². The van der Waals surface area contributed by atoms with Crippen LogP contribution < -0.4 is 0 Å². The number of carboxylic acid groups (broad SMARTS) is 1. The van der Waals surface area contributed by atoms with E-state index >= 15 is 0 Å². The van der Waals surface area contributed by atoms with E-state index in [4.69, 9.17) is 5.11 Å². The molecule has 0 spiro atoms. The van der Waals surface area contributed by atoms with Crippen molar-refractivity contribution >= 4 is 21.9 Å². The Bertz CT molecular complexity index is 301. The standard InChI is InChI=1S/C8H8BrNO2/c1-5-2-3-10-6(4-5)7(9)8(11)12/h2-4,7H,1H3,(H,11,12). The molecule has 0 saturated carbocycles. The summed E-state index contributed by atoms with van der Waals surface area (Å²) in [7, 11) is 0. The summed E-state index contributed by atoms with van der Waals surface area (Å²) < 4.78 is 0. The number of aliphatic carboxylic acids is 1. The molecule has 1 heterocycles. The fraction of sp³-hybridized carbons (Fsp3) is 0.250. The zero-order valence-corrected chi connectivity index (χ0v) is 8.08. The van der Waals surface area contributed by atoms with Crippen LogP contribution in [0.1, 0.15) is 16.1 Å². The van der Waals surface area contributed by atoms with Gasteiger partial charge in [-0.05, 0) is 24.6 Å². The summed E-state index contributed by atoms with van der Waals surface area (Å²) in [6.07, 6.45) is 1.60. The summed E-state index contributed by atoms with van der Waals surface area (Å²) in [6, 6.07) is 3.57. The van der Waals surface area contributed by atoms with Crippen LogP contribution in [0.5, 0.6) is 0 Å².